The van der Waals surface area contributed by atoms with Crippen LogP contribution in [0, 0.1) is 11.3 Å². The number of allylic oxidation sites excluding steroid dienone is 2. The van der Waals surface area contributed by atoms with Gasteiger partial charge in [0, 0.05) is 12.5 Å². The molecule has 36 heavy (non-hydrogen) atoms. The Kier molecular flexibility index (Phi) is 7.03. The molecule has 0 fully saturated rings. The molecule has 0 saturated carbocycles. The molecule has 7 heteroatoms. The van der Waals surface area contributed by atoms with E-state index >= 15 is 0 Å². The molecule has 0 radical (unpaired) electrons. The van der Waals surface area contributed by atoms with Crippen molar-refractivity contribution in [2.24, 2.45) is 11.3 Å². The van der Waals surface area contributed by atoms with E-state index in [1.165, 1.54) is 13.0 Å². The van der Waals surface area contributed by atoms with E-state index in [0.717, 1.165) is 16.7 Å². The van der Waals surface area contributed by atoms with Crippen LogP contribution in [-0.4, -0.2) is 42.0 Å². The standard InChI is InChI=1S/C29H32O7/c1-16-11-12-25(36-28(33)20-9-7-6-8-10-20)29(5)22(15-21-18(3)27(32)35-24(21)13-16)17(2)14-23(31)26(29)34-19(4)30/h6-10,13-14,22,24-26H,11-12,15H2,1-5H3/t22-,24-,25+,26-,29-/m0/s1. The van der Waals surface area contributed by atoms with Gasteiger partial charge >= 0.3 is 17.9 Å². The molecular formula is C29H32O7. The first-order chi connectivity index (χ1) is 17.0. The van der Waals surface area contributed by atoms with Gasteiger partial charge in [-0.2, -0.15) is 0 Å². The zero-order valence-electron chi connectivity index (χ0n) is 21.3. The molecule has 5 atom stereocenters. The summed E-state index contributed by atoms with van der Waals surface area (Å²) in [6, 6.07) is 8.68. The maximum atomic E-state index is 13.3. The van der Waals surface area contributed by atoms with E-state index in [-0.39, 0.29) is 17.7 Å². The maximum absolute atomic E-state index is 13.3. The van der Waals surface area contributed by atoms with Crippen molar-refractivity contribution in [3.63, 3.8) is 0 Å². The van der Waals surface area contributed by atoms with Crippen LogP contribution in [0.3, 0.4) is 0 Å². The summed E-state index contributed by atoms with van der Waals surface area (Å²) in [5, 5.41) is 0. The van der Waals surface area contributed by atoms with Gasteiger partial charge in [0.2, 0.25) is 0 Å². The van der Waals surface area contributed by atoms with E-state index in [1.54, 1.807) is 31.2 Å². The molecule has 4 rings (SSSR count). The van der Waals surface area contributed by atoms with Crippen molar-refractivity contribution < 1.29 is 33.4 Å². The Morgan fingerprint density at radius 1 is 1.06 bits per heavy atom. The highest BCUT2D eigenvalue weighted by atomic mass is 16.6. The summed E-state index contributed by atoms with van der Waals surface area (Å²) in [6.07, 6.45) is 2.43. The van der Waals surface area contributed by atoms with Gasteiger partial charge in [0.1, 0.15) is 12.2 Å². The summed E-state index contributed by atoms with van der Waals surface area (Å²) in [5.41, 5.74) is 2.45. The fourth-order valence-corrected chi connectivity index (χ4v) is 5.72. The zero-order chi connectivity index (χ0) is 26.2. The lowest BCUT2D eigenvalue weighted by Gasteiger charge is -2.49. The summed E-state index contributed by atoms with van der Waals surface area (Å²) >= 11 is 0. The molecule has 7 nitrogen and oxygen atoms in total. The van der Waals surface area contributed by atoms with E-state index < -0.39 is 35.7 Å². The molecule has 1 aromatic rings. The zero-order valence-corrected chi connectivity index (χ0v) is 21.3. The lowest BCUT2D eigenvalue weighted by Crippen LogP contribution is -2.57. The molecule has 0 amide bonds. The topological polar surface area (TPSA) is 96.0 Å². The summed E-state index contributed by atoms with van der Waals surface area (Å²) in [4.78, 5) is 51.1. The molecular weight excluding hydrogens is 460 g/mol. The van der Waals surface area contributed by atoms with Crippen LogP contribution >= 0.6 is 0 Å². The second kappa shape index (κ2) is 9.88. The smallest absolute Gasteiger partial charge is 0.338 e. The number of ether oxygens (including phenoxy) is 3. The number of rotatable bonds is 3. The molecule has 3 aliphatic rings. The van der Waals surface area contributed by atoms with Crippen LogP contribution in [0.1, 0.15) is 64.2 Å². The van der Waals surface area contributed by atoms with Crippen molar-refractivity contribution >= 4 is 23.7 Å². The van der Waals surface area contributed by atoms with Gasteiger partial charge in [-0.25, -0.2) is 9.59 Å². The number of carbonyl (C=O) groups is 4. The molecule has 2 aliphatic carbocycles. The van der Waals surface area contributed by atoms with Crippen molar-refractivity contribution in [3.8, 4) is 0 Å². The first-order valence-electron chi connectivity index (χ1n) is 12.3. The van der Waals surface area contributed by atoms with Crippen LogP contribution in [0.4, 0.5) is 0 Å². The molecule has 0 saturated heterocycles. The Morgan fingerprint density at radius 2 is 1.75 bits per heavy atom. The van der Waals surface area contributed by atoms with Crippen LogP contribution in [0.25, 0.3) is 0 Å². The average molecular weight is 493 g/mol. The Balaban J connectivity index is 1.86. The fourth-order valence-electron chi connectivity index (χ4n) is 5.72. The predicted octanol–water partition coefficient (Wildman–Crippen LogP) is 4.67. The van der Waals surface area contributed by atoms with Crippen LogP contribution in [0.15, 0.2) is 64.8 Å². The minimum absolute atomic E-state index is 0.340. The van der Waals surface area contributed by atoms with Crippen LogP contribution in [0.5, 0.6) is 0 Å². The summed E-state index contributed by atoms with van der Waals surface area (Å²) in [7, 11) is 0. The van der Waals surface area contributed by atoms with E-state index in [1.807, 2.05) is 32.9 Å². The number of carbonyl (C=O) groups excluding carboxylic acids is 4. The third kappa shape index (κ3) is 4.66. The molecule has 1 heterocycles. The molecule has 0 aromatic heterocycles. The summed E-state index contributed by atoms with van der Waals surface area (Å²) in [6.45, 7) is 8.66. The molecule has 0 spiro atoms. The largest absolute Gasteiger partial charge is 0.458 e. The number of hydrogen-bond donors (Lipinski definition) is 0. The molecule has 0 N–H and O–H groups in total. The van der Waals surface area contributed by atoms with Crippen LogP contribution < -0.4 is 0 Å². The van der Waals surface area contributed by atoms with E-state index in [0.29, 0.717) is 30.4 Å². The number of hydrogen-bond acceptors (Lipinski definition) is 7. The van der Waals surface area contributed by atoms with Gasteiger partial charge in [-0.1, -0.05) is 36.3 Å². The molecule has 1 aromatic carbocycles. The lowest BCUT2D eigenvalue weighted by molar-refractivity contribution is -0.172. The molecule has 1 aliphatic heterocycles. The lowest BCUT2D eigenvalue weighted by atomic mass is 9.59. The van der Waals surface area contributed by atoms with Gasteiger partial charge in [-0.3, -0.25) is 9.59 Å². The Labute approximate surface area is 211 Å². The number of benzene rings is 1. The number of ketones is 1. The Morgan fingerprint density at radius 3 is 2.42 bits per heavy atom. The normalized spacial score (nSPS) is 30.4. The van der Waals surface area contributed by atoms with Gasteiger partial charge in [0.05, 0.1) is 11.0 Å². The van der Waals surface area contributed by atoms with Crippen LogP contribution in [0.2, 0.25) is 0 Å². The maximum Gasteiger partial charge on any atom is 0.338 e. The van der Waals surface area contributed by atoms with E-state index in [2.05, 4.69) is 0 Å². The number of fused-ring (bicyclic) bond motifs is 2. The fraction of sp³-hybridized carbons (Fsp3) is 0.448. The number of esters is 3. The Hall–Kier alpha value is -3.48. The molecule has 0 bridgehead atoms. The van der Waals surface area contributed by atoms with Gasteiger partial charge in [-0.05, 0) is 75.8 Å². The first-order valence-corrected chi connectivity index (χ1v) is 12.3. The van der Waals surface area contributed by atoms with Crippen molar-refractivity contribution in [2.45, 2.75) is 72.2 Å². The SMILES string of the molecule is CC(=O)O[C@H]1C(=O)C=C(C)[C@@H]2CC3=C(C)C(=O)O[C@H]3C=C(C)CC[C@@H](OC(=O)c3ccccc3)[C@]21C. The third-order valence-corrected chi connectivity index (χ3v) is 7.76. The van der Waals surface area contributed by atoms with Gasteiger partial charge in [-0.15, -0.1) is 0 Å². The highest BCUT2D eigenvalue weighted by Crippen LogP contribution is 2.51. The summed E-state index contributed by atoms with van der Waals surface area (Å²) in [5.74, 6) is -2.14. The third-order valence-electron chi connectivity index (χ3n) is 7.76. The Bertz CT molecular complexity index is 1190. The predicted molar refractivity (Wildman–Crippen MR) is 132 cm³/mol. The quantitative estimate of drug-likeness (QED) is 0.344. The molecule has 0 unspecified atom stereocenters. The second-order valence-electron chi connectivity index (χ2n) is 10.2. The molecule has 190 valence electrons. The average Bonchev–Trinajstić information content (AvgIpc) is 3.09. The van der Waals surface area contributed by atoms with Crippen molar-refractivity contribution in [2.75, 3.05) is 0 Å². The van der Waals surface area contributed by atoms with Gasteiger partial charge in [0.25, 0.3) is 0 Å². The highest BCUT2D eigenvalue weighted by molar-refractivity contribution is 5.97. The first kappa shape index (κ1) is 25.6. The highest BCUT2D eigenvalue weighted by Gasteiger charge is 2.57. The minimum Gasteiger partial charge on any atom is -0.458 e. The minimum atomic E-state index is -1.14. The van der Waals surface area contributed by atoms with Crippen molar-refractivity contribution in [1.29, 1.82) is 0 Å². The van der Waals surface area contributed by atoms with Crippen molar-refractivity contribution in [3.05, 3.63) is 70.3 Å². The second-order valence-corrected chi connectivity index (χ2v) is 10.2. The van der Waals surface area contributed by atoms with Crippen molar-refractivity contribution in [1.82, 2.24) is 0 Å². The van der Waals surface area contributed by atoms with Crippen LogP contribution in [-0.2, 0) is 28.6 Å². The summed E-state index contributed by atoms with van der Waals surface area (Å²) < 4.78 is 17.4. The van der Waals surface area contributed by atoms with E-state index in [9.17, 15) is 19.2 Å². The van der Waals surface area contributed by atoms with E-state index in [4.69, 9.17) is 14.2 Å². The monoisotopic (exact) mass is 492 g/mol. The van der Waals surface area contributed by atoms with Gasteiger partial charge in [0.15, 0.2) is 11.9 Å². The van der Waals surface area contributed by atoms with Gasteiger partial charge < -0.3 is 14.2 Å².